The van der Waals surface area contributed by atoms with Gasteiger partial charge in [-0.05, 0) is 36.9 Å². The Hall–Kier alpha value is -1.06. The topological polar surface area (TPSA) is 41.5 Å². The summed E-state index contributed by atoms with van der Waals surface area (Å²) in [5.41, 5.74) is 1.33. The van der Waals surface area contributed by atoms with Crippen LogP contribution in [-0.4, -0.2) is 31.4 Å². The van der Waals surface area contributed by atoms with Crippen molar-refractivity contribution in [2.24, 2.45) is 5.92 Å². The van der Waals surface area contributed by atoms with Crippen LogP contribution in [0.4, 0.5) is 0 Å². The van der Waals surface area contributed by atoms with Crippen molar-refractivity contribution >= 4 is 0 Å². The largest absolute Gasteiger partial charge is 0.493 e. The first-order valence-corrected chi connectivity index (χ1v) is 7.38. The van der Waals surface area contributed by atoms with E-state index in [4.69, 9.17) is 9.84 Å². The normalized spacial score (nSPS) is 19.6. The van der Waals surface area contributed by atoms with E-state index < -0.39 is 0 Å². The maximum absolute atomic E-state index is 9.00. The van der Waals surface area contributed by atoms with Gasteiger partial charge in [0.2, 0.25) is 0 Å². The maximum Gasteiger partial charge on any atom is 0.122 e. The summed E-state index contributed by atoms with van der Waals surface area (Å²) in [4.78, 5) is 0. The molecule has 0 saturated heterocycles. The third-order valence-corrected chi connectivity index (χ3v) is 4.02. The first-order valence-electron chi connectivity index (χ1n) is 7.38. The number of ether oxygens (including phenoxy) is 1. The summed E-state index contributed by atoms with van der Waals surface area (Å²) in [6.07, 6.45) is 3.10. The fourth-order valence-corrected chi connectivity index (χ4v) is 2.72. The summed E-state index contributed by atoms with van der Waals surface area (Å²) in [6.45, 7) is 5.29. The van der Waals surface area contributed by atoms with Crippen LogP contribution in [-0.2, 0) is 0 Å². The van der Waals surface area contributed by atoms with E-state index in [9.17, 15) is 0 Å². The summed E-state index contributed by atoms with van der Waals surface area (Å²) in [5.74, 6) is 2.18. The lowest BCUT2D eigenvalue weighted by Gasteiger charge is -2.26. The summed E-state index contributed by atoms with van der Waals surface area (Å²) in [5, 5.41) is 12.6. The molecule has 0 aromatic heterocycles. The molecule has 0 fully saturated rings. The van der Waals surface area contributed by atoms with Crippen molar-refractivity contribution in [3.8, 4) is 5.75 Å². The van der Waals surface area contributed by atoms with Gasteiger partial charge in [-0.2, -0.15) is 0 Å². The molecule has 106 valence electrons. The van der Waals surface area contributed by atoms with Crippen molar-refractivity contribution in [2.75, 3.05) is 26.3 Å². The van der Waals surface area contributed by atoms with Gasteiger partial charge in [-0.15, -0.1) is 0 Å². The smallest absolute Gasteiger partial charge is 0.122 e. The molecule has 0 saturated carbocycles. The zero-order valence-electron chi connectivity index (χ0n) is 11.8. The van der Waals surface area contributed by atoms with Crippen LogP contribution in [0, 0.1) is 5.92 Å². The minimum atomic E-state index is 0.292. The van der Waals surface area contributed by atoms with E-state index >= 15 is 0 Å². The Labute approximate surface area is 116 Å². The Morgan fingerprint density at radius 3 is 3.05 bits per heavy atom. The molecular formula is C16H25NO2. The number of aliphatic hydroxyl groups excluding tert-OH is 1. The van der Waals surface area contributed by atoms with Crippen molar-refractivity contribution in [1.29, 1.82) is 0 Å². The summed E-state index contributed by atoms with van der Waals surface area (Å²) >= 11 is 0. The molecule has 2 unspecified atom stereocenters. The van der Waals surface area contributed by atoms with Crippen molar-refractivity contribution in [1.82, 2.24) is 5.32 Å². The molecule has 1 aromatic rings. The second-order valence-corrected chi connectivity index (χ2v) is 5.32. The third kappa shape index (κ3) is 3.95. The monoisotopic (exact) mass is 263 g/mol. The molecule has 0 radical (unpaired) electrons. The van der Waals surface area contributed by atoms with Gasteiger partial charge in [-0.1, -0.05) is 31.5 Å². The van der Waals surface area contributed by atoms with Crippen LogP contribution < -0.4 is 10.1 Å². The fourth-order valence-electron chi connectivity index (χ4n) is 2.72. The zero-order valence-corrected chi connectivity index (χ0v) is 11.8. The van der Waals surface area contributed by atoms with Crippen molar-refractivity contribution in [3.63, 3.8) is 0 Å². The third-order valence-electron chi connectivity index (χ3n) is 4.02. The highest BCUT2D eigenvalue weighted by Gasteiger charge is 2.20. The average molecular weight is 263 g/mol. The first-order chi connectivity index (χ1) is 9.35. The van der Waals surface area contributed by atoms with Crippen LogP contribution in [0.3, 0.4) is 0 Å². The van der Waals surface area contributed by atoms with E-state index in [-0.39, 0.29) is 0 Å². The van der Waals surface area contributed by atoms with Gasteiger partial charge in [0.25, 0.3) is 0 Å². The van der Waals surface area contributed by atoms with Gasteiger partial charge in [0.15, 0.2) is 0 Å². The summed E-state index contributed by atoms with van der Waals surface area (Å²) < 4.78 is 5.68. The molecule has 2 rings (SSSR count). The zero-order chi connectivity index (χ0) is 13.5. The van der Waals surface area contributed by atoms with E-state index in [1.165, 1.54) is 5.56 Å². The predicted octanol–water partition coefficient (Wildman–Crippen LogP) is 2.55. The van der Waals surface area contributed by atoms with Gasteiger partial charge >= 0.3 is 0 Å². The lowest BCUT2D eigenvalue weighted by molar-refractivity contribution is 0.245. The fraction of sp³-hybridized carbons (Fsp3) is 0.625. The van der Waals surface area contributed by atoms with Crippen molar-refractivity contribution in [3.05, 3.63) is 29.8 Å². The minimum Gasteiger partial charge on any atom is -0.493 e. The molecule has 1 aromatic carbocycles. The van der Waals surface area contributed by atoms with Gasteiger partial charge in [0.1, 0.15) is 5.75 Å². The Morgan fingerprint density at radius 1 is 1.42 bits per heavy atom. The quantitative estimate of drug-likeness (QED) is 0.794. The lowest BCUT2D eigenvalue weighted by atomic mass is 9.93. The maximum atomic E-state index is 9.00. The highest BCUT2D eigenvalue weighted by atomic mass is 16.5. The van der Waals surface area contributed by atoms with E-state index in [1.807, 2.05) is 6.07 Å². The van der Waals surface area contributed by atoms with Crippen LogP contribution in [0.5, 0.6) is 5.75 Å². The molecule has 3 heteroatoms. The molecule has 0 aliphatic carbocycles. The standard InChI is InChI=1S/C16H25NO2/c1-2-13(7-9-18)11-17-12-14-8-10-19-16-6-4-3-5-15(14)16/h3-6,13-14,17-18H,2,7-12H2,1H3. The Bertz CT molecular complexity index is 381. The van der Waals surface area contributed by atoms with Crippen LogP contribution in [0.15, 0.2) is 24.3 Å². The van der Waals surface area contributed by atoms with E-state index in [0.29, 0.717) is 18.4 Å². The Kier molecular flexibility index (Phi) is 5.67. The molecule has 1 aliphatic rings. The Balaban J connectivity index is 1.84. The number of nitrogens with one attached hydrogen (secondary N) is 1. The van der Waals surface area contributed by atoms with Crippen molar-refractivity contribution in [2.45, 2.75) is 32.1 Å². The molecule has 1 heterocycles. The molecular weight excluding hydrogens is 238 g/mol. The predicted molar refractivity (Wildman–Crippen MR) is 77.6 cm³/mol. The molecule has 0 spiro atoms. The molecule has 19 heavy (non-hydrogen) atoms. The molecule has 0 amide bonds. The first kappa shape index (κ1) is 14.4. The molecule has 2 N–H and O–H groups in total. The number of fused-ring (bicyclic) bond motifs is 1. The summed E-state index contributed by atoms with van der Waals surface area (Å²) in [7, 11) is 0. The van der Waals surface area contributed by atoms with Crippen LogP contribution in [0.2, 0.25) is 0 Å². The summed E-state index contributed by atoms with van der Waals surface area (Å²) in [6, 6.07) is 8.35. The molecule has 3 nitrogen and oxygen atoms in total. The minimum absolute atomic E-state index is 0.292. The van der Waals surface area contributed by atoms with Gasteiger partial charge in [0.05, 0.1) is 6.61 Å². The van der Waals surface area contributed by atoms with Gasteiger partial charge in [-0.25, -0.2) is 0 Å². The number of hydrogen-bond acceptors (Lipinski definition) is 3. The average Bonchev–Trinajstić information content (AvgIpc) is 2.46. The van der Waals surface area contributed by atoms with Crippen molar-refractivity contribution < 1.29 is 9.84 Å². The Morgan fingerprint density at radius 2 is 2.26 bits per heavy atom. The number of rotatable bonds is 7. The number of hydrogen-bond donors (Lipinski definition) is 2. The number of aliphatic hydroxyl groups is 1. The van der Waals surface area contributed by atoms with E-state index in [1.54, 1.807) is 0 Å². The van der Waals surface area contributed by atoms with Gasteiger partial charge < -0.3 is 15.2 Å². The van der Waals surface area contributed by atoms with Crippen LogP contribution in [0.25, 0.3) is 0 Å². The number of benzene rings is 1. The molecule has 2 atom stereocenters. The van der Waals surface area contributed by atoms with E-state index in [0.717, 1.165) is 44.7 Å². The van der Waals surface area contributed by atoms with Gasteiger partial charge in [-0.3, -0.25) is 0 Å². The SMILES string of the molecule is CCC(CCO)CNCC1CCOc2ccccc21. The van der Waals surface area contributed by atoms with Crippen LogP contribution >= 0.6 is 0 Å². The number of para-hydroxylation sites is 1. The van der Waals surface area contributed by atoms with Crippen LogP contribution in [0.1, 0.15) is 37.7 Å². The highest BCUT2D eigenvalue weighted by molar-refractivity contribution is 5.37. The van der Waals surface area contributed by atoms with Gasteiger partial charge in [0, 0.05) is 19.1 Å². The molecule has 0 bridgehead atoms. The molecule has 1 aliphatic heterocycles. The second kappa shape index (κ2) is 7.51. The lowest BCUT2D eigenvalue weighted by Crippen LogP contribution is -2.30. The second-order valence-electron chi connectivity index (χ2n) is 5.32. The van der Waals surface area contributed by atoms with E-state index in [2.05, 4.69) is 30.4 Å². The highest BCUT2D eigenvalue weighted by Crippen LogP contribution is 2.32.